The molecule has 4 aromatic rings. The zero-order chi connectivity index (χ0) is 33.4. The second-order valence-electron chi connectivity index (χ2n) is 12.2. The predicted molar refractivity (Wildman–Crippen MR) is 177 cm³/mol. The first-order valence-electron chi connectivity index (χ1n) is 15.8. The summed E-state index contributed by atoms with van der Waals surface area (Å²) in [5, 5.41) is 17.8. The lowest BCUT2D eigenvalue weighted by Crippen LogP contribution is -2.46. The van der Waals surface area contributed by atoms with Crippen molar-refractivity contribution in [3.8, 4) is 5.75 Å². The highest BCUT2D eigenvalue weighted by Gasteiger charge is 2.39. The fourth-order valence-electron chi connectivity index (χ4n) is 6.71. The van der Waals surface area contributed by atoms with E-state index in [1.54, 1.807) is 5.38 Å². The van der Waals surface area contributed by atoms with Crippen LogP contribution in [0, 0.1) is 5.82 Å². The monoisotopic (exact) mass is 668 g/mol. The van der Waals surface area contributed by atoms with Gasteiger partial charge in [-0.05, 0) is 53.4 Å². The molecule has 0 spiro atoms. The van der Waals surface area contributed by atoms with Crippen LogP contribution < -0.4 is 15.5 Å². The van der Waals surface area contributed by atoms with Gasteiger partial charge >= 0.3 is 0 Å². The van der Waals surface area contributed by atoms with Gasteiger partial charge in [0.25, 0.3) is 11.8 Å². The number of nitrogens with one attached hydrogen (secondary N) is 2. The molecule has 11 nitrogen and oxygen atoms in total. The number of imide groups is 1. The van der Waals surface area contributed by atoms with E-state index in [1.165, 1.54) is 28.5 Å². The first-order chi connectivity index (χ1) is 23.2. The Morgan fingerprint density at radius 2 is 1.90 bits per heavy atom. The third-order valence-corrected chi connectivity index (χ3v) is 9.86. The maximum atomic E-state index is 14.3. The number of anilines is 2. The number of carbonyl (C=O) groups is 4. The van der Waals surface area contributed by atoms with Gasteiger partial charge in [0.2, 0.25) is 11.8 Å². The van der Waals surface area contributed by atoms with E-state index >= 15 is 0 Å². The summed E-state index contributed by atoms with van der Waals surface area (Å²) in [6, 6.07) is 15.8. The van der Waals surface area contributed by atoms with Crippen LogP contribution in [0.4, 0.5) is 15.2 Å². The average molecular weight is 669 g/mol. The summed E-state index contributed by atoms with van der Waals surface area (Å²) in [4.78, 5) is 61.4. The summed E-state index contributed by atoms with van der Waals surface area (Å²) in [7, 11) is 0. The molecule has 2 fully saturated rings. The third-order valence-electron chi connectivity index (χ3n) is 9.17. The molecule has 4 heterocycles. The van der Waals surface area contributed by atoms with E-state index < -0.39 is 17.8 Å². The molecular formula is C35H33FN6O5S. The van der Waals surface area contributed by atoms with Gasteiger partial charge in [-0.2, -0.15) is 0 Å². The number of halogens is 1. The topological polar surface area (TPSA) is 135 Å². The standard InChI is InChI=1S/C35H33FN6O5S/c36-24-5-8-29(43)28(17-24)31(33(46)39-35-37-10-15-48-35)42-20-23-4-6-25(18-27(23)34(42)47)41-13-11-40(12-14-41)19-21-2-1-3-22(16-21)26-7-9-30(44)38-32(26)45/h1-6,8,10,15-18,26,31,43H,7,9,11-14,19-20H2,(H,37,39,46)(H,38,44,45). The van der Waals surface area contributed by atoms with Gasteiger partial charge < -0.3 is 14.9 Å². The Balaban J connectivity index is 1.03. The van der Waals surface area contributed by atoms with Gasteiger partial charge in [0.1, 0.15) is 17.6 Å². The van der Waals surface area contributed by atoms with Crippen molar-refractivity contribution in [2.24, 2.45) is 0 Å². The number of phenols is 1. The summed E-state index contributed by atoms with van der Waals surface area (Å²) in [6.07, 6.45) is 2.39. The molecule has 3 N–H and O–H groups in total. The Bertz CT molecular complexity index is 1890. The highest BCUT2D eigenvalue weighted by atomic mass is 32.1. The van der Waals surface area contributed by atoms with E-state index in [4.69, 9.17) is 0 Å². The van der Waals surface area contributed by atoms with Gasteiger partial charge in [-0.1, -0.05) is 30.3 Å². The fraction of sp³-hybridized carbons (Fsp3) is 0.286. The molecule has 7 rings (SSSR count). The van der Waals surface area contributed by atoms with E-state index in [-0.39, 0.29) is 41.5 Å². The van der Waals surface area contributed by atoms with Crippen molar-refractivity contribution in [3.63, 3.8) is 0 Å². The summed E-state index contributed by atoms with van der Waals surface area (Å²) in [6.45, 7) is 3.89. The van der Waals surface area contributed by atoms with E-state index in [0.29, 0.717) is 23.5 Å². The smallest absolute Gasteiger partial charge is 0.255 e. The normalized spacial score (nSPS) is 18.9. The number of piperazine rings is 1. The van der Waals surface area contributed by atoms with Crippen LogP contribution in [0.3, 0.4) is 0 Å². The number of thiazole rings is 1. The van der Waals surface area contributed by atoms with Crippen molar-refractivity contribution in [3.05, 3.63) is 106 Å². The van der Waals surface area contributed by atoms with Gasteiger partial charge in [0, 0.05) is 74.1 Å². The lowest BCUT2D eigenvalue weighted by Gasteiger charge is -2.36. The molecule has 2 saturated heterocycles. The summed E-state index contributed by atoms with van der Waals surface area (Å²) in [5.41, 5.74) is 4.10. The molecule has 0 saturated carbocycles. The van der Waals surface area contributed by atoms with E-state index in [9.17, 15) is 28.7 Å². The molecule has 246 valence electrons. The number of carbonyl (C=O) groups excluding carboxylic acids is 4. The van der Waals surface area contributed by atoms with Crippen LogP contribution in [0.5, 0.6) is 5.75 Å². The number of amides is 4. The van der Waals surface area contributed by atoms with Crippen molar-refractivity contribution in [2.75, 3.05) is 36.4 Å². The number of piperidine rings is 1. The molecule has 2 unspecified atom stereocenters. The van der Waals surface area contributed by atoms with Crippen molar-refractivity contribution in [1.29, 1.82) is 0 Å². The molecule has 48 heavy (non-hydrogen) atoms. The number of nitrogens with zero attached hydrogens (tertiary/aromatic N) is 4. The second-order valence-corrected chi connectivity index (χ2v) is 13.1. The van der Waals surface area contributed by atoms with Gasteiger partial charge in [-0.15, -0.1) is 11.3 Å². The van der Waals surface area contributed by atoms with Crippen LogP contribution in [0.1, 0.15) is 57.4 Å². The molecule has 2 atom stereocenters. The summed E-state index contributed by atoms with van der Waals surface area (Å²) < 4.78 is 14.3. The first-order valence-corrected chi connectivity index (χ1v) is 16.6. The highest BCUT2D eigenvalue weighted by molar-refractivity contribution is 7.13. The van der Waals surface area contributed by atoms with Gasteiger partial charge in [-0.25, -0.2) is 9.37 Å². The van der Waals surface area contributed by atoms with Crippen LogP contribution in [0.2, 0.25) is 0 Å². The maximum Gasteiger partial charge on any atom is 0.255 e. The zero-order valence-electron chi connectivity index (χ0n) is 25.9. The minimum absolute atomic E-state index is 0.01000. The van der Waals surface area contributed by atoms with Gasteiger partial charge in [-0.3, -0.25) is 34.7 Å². The Kier molecular flexibility index (Phi) is 8.63. The minimum atomic E-state index is -1.29. The average Bonchev–Trinajstić information content (AvgIpc) is 3.70. The van der Waals surface area contributed by atoms with Crippen LogP contribution >= 0.6 is 11.3 Å². The van der Waals surface area contributed by atoms with Crippen molar-refractivity contribution in [2.45, 2.75) is 37.9 Å². The number of phenolic OH excluding ortho intramolecular Hbond substituents is 1. The molecule has 4 amide bonds. The molecule has 0 bridgehead atoms. The number of hydrogen-bond donors (Lipinski definition) is 3. The zero-order valence-corrected chi connectivity index (χ0v) is 26.7. The Morgan fingerprint density at radius 1 is 1.06 bits per heavy atom. The first kappa shape index (κ1) is 31.5. The van der Waals surface area contributed by atoms with E-state index in [2.05, 4.69) is 31.5 Å². The number of benzene rings is 3. The quantitative estimate of drug-likeness (QED) is 0.238. The van der Waals surface area contributed by atoms with Gasteiger partial charge in [0.05, 0.1) is 5.92 Å². The molecule has 13 heteroatoms. The van der Waals surface area contributed by atoms with Crippen molar-refractivity contribution < 1.29 is 28.7 Å². The minimum Gasteiger partial charge on any atom is -0.508 e. The number of hydrogen-bond acceptors (Lipinski definition) is 9. The van der Waals surface area contributed by atoms with E-state index in [1.807, 2.05) is 36.4 Å². The summed E-state index contributed by atoms with van der Waals surface area (Å²) in [5.74, 6) is -2.70. The number of fused-ring (bicyclic) bond motifs is 1. The lowest BCUT2D eigenvalue weighted by molar-refractivity contribution is -0.134. The second kappa shape index (κ2) is 13.2. The number of aromatic nitrogens is 1. The van der Waals surface area contributed by atoms with Crippen LogP contribution in [0.25, 0.3) is 0 Å². The fourth-order valence-corrected chi connectivity index (χ4v) is 7.24. The number of aromatic hydroxyl groups is 1. The van der Waals surface area contributed by atoms with Gasteiger partial charge in [0.15, 0.2) is 5.13 Å². The largest absolute Gasteiger partial charge is 0.508 e. The van der Waals surface area contributed by atoms with Crippen LogP contribution in [-0.2, 0) is 27.5 Å². The molecular weight excluding hydrogens is 635 g/mol. The summed E-state index contributed by atoms with van der Waals surface area (Å²) >= 11 is 1.21. The third kappa shape index (κ3) is 6.38. The highest BCUT2D eigenvalue weighted by Crippen LogP contribution is 2.38. The molecule has 3 aromatic carbocycles. The lowest BCUT2D eigenvalue weighted by atomic mass is 9.89. The Labute approximate surface area is 280 Å². The van der Waals surface area contributed by atoms with Crippen LogP contribution in [0.15, 0.2) is 72.2 Å². The molecule has 3 aliphatic heterocycles. The maximum absolute atomic E-state index is 14.3. The van der Waals surface area contributed by atoms with Crippen molar-refractivity contribution >= 4 is 45.8 Å². The van der Waals surface area contributed by atoms with E-state index in [0.717, 1.165) is 67.2 Å². The molecule has 0 aliphatic carbocycles. The van der Waals surface area contributed by atoms with Crippen molar-refractivity contribution in [1.82, 2.24) is 20.1 Å². The van der Waals surface area contributed by atoms with Crippen LogP contribution in [-0.4, -0.2) is 69.7 Å². The Hall–Kier alpha value is -5.14. The molecule has 3 aliphatic rings. The number of rotatable bonds is 8. The SMILES string of the molecule is O=C1CCC(c2cccc(CN3CCN(c4ccc5c(c4)C(=O)N(C(C(=O)Nc4nccs4)c4cc(F)ccc4O)C5)CC3)c2)C(=O)N1. The molecule has 0 radical (unpaired) electrons. The Morgan fingerprint density at radius 3 is 2.67 bits per heavy atom. The molecule has 1 aromatic heterocycles. The predicted octanol–water partition coefficient (Wildman–Crippen LogP) is 4.17.